The molecule has 1 N–H and O–H groups in total. The Hall–Kier alpha value is -3.76. The number of nitrogens with one attached hydrogen (secondary N) is 1. The van der Waals surface area contributed by atoms with Crippen LogP contribution in [0.3, 0.4) is 0 Å². The highest BCUT2D eigenvalue weighted by molar-refractivity contribution is 7.99. The predicted octanol–water partition coefficient (Wildman–Crippen LogP) is 7.57. The molecule has 0 atom stereocenters. The number of hydrogen-bond donors (Lipinski definition) is 1. The van der Waals surface area contributed by atoms with Crippen molar-refractivity contribution in [3.8, 4) is 39.7 Å². The topological polar surface area (TPSA) is 37.9 Å². The SMILES string of the molecule is COc1ccc(-c2nc(-c3ccc(Sc4ccccc4)cc3)c(-c3ccccc3)[nH]2)cc1. The Morgan fingerprint density at radius 1 is 0.625 bits per heavy atom. The average molecular weight is 435 g/mol. The molecular formula is C28H22N2OS. The number of benzene rings is 4. The minimum absolute atomic E-state index is 0.829. The average Bonchev–Trinajstić information content (AvgIpc) is 3.31. The first-order valence-electron chi connectivity index (χ1n) is 10.4. The lowest BCUT2D eigenvalue weighted by Crippen LogP contribution is -1.84. The van der Waals surface area contributed by atoms with Crippen LogP contribution in [0.25, 0.3) is 33.9 Å². The second-order valence-electron chi connectivity index (χ2n) is 7.34. The lowest BCUT2D eigenvalue weighted by Gasteiger charge is -2.05. The highest BCUT2D eigenvalue weighted by Crippen LogP contribution is 2.35. The van der Waals surface area contributed by atoms with Gasteiger partial charge in [0.2, 0.25) is 0 Å². The Morgan fingerprint density at radius 3 is 1.88 bits per heavy atom. The molecule has 0 saturated carbocycles. The van der Waals surface area contributed by atoms with E-state index in [-0.39, 0.29) is 0 Å². The largest absolute Gasteiger partial charge is 0.497 e. The molecule has 0 aliphatic rings. The highest BCUT2D eigenvalue weighted by atomic mass is 32.2. The number of imidazole rings is 1. The van der Waals surface area contributed by atoms with Crippen LogP contribution in [0.5, 0.6) is 5.75 Å². The van der Waals surface area contributed by atoms with Crippen LogP contribution in [0.15, 0.2) is 119 Å². The molecule has 5 rings (SSSR count). The molecule has 0 saturated heterocycles. The second kappa shape index (κ2) is 9.16. The minimum atomic E-state index is 0.829. The summed E-state index contributed by atoms with van der Waals surface area (Å²) in [6.07, 6.45) is 0. The fourth-order valence-electron chi connectivity index (χ4n) is 3.59. The van der Waals surface area contributed by atoms with Crippen LogP contribution in [-0.2, 0) is 0 Å². The van der Waals surface area contributed by atoms with Gasteiger partial charge in [-0.1, -0.05) is 72.4 Å². The van der Waals surface area contributed by atoms with Crippen molar-refractivity contribution in [2.45, 2.75) is 9.79 Å². The summed E-state index contributed by atoms with van der Waals surface area (Å²) >= 11 is 1.76. The van der Waals surface area contributed by atoms with Crippen molar-refractivity contribution in [2.24, 2.45) is 0 Å². The number of rotatable bonds is 6. The maximum Gasteiger partial charge on any atom is 0.138 e. The molecular weight excluding hydrogens is 412 g/mol. The summed E-state index contributed by atoms with van der Waals surface area (Å²) in [7, 11) is 1.67. The van der Waals surface area contributed by atoms with Crippen molar-refractivity contribution in [3.05, 3.63) is 109 Å². The van der Waals surface area contributed by atoms with Crippen molar-refractivity contribution in [2.75, 3.05) is 7.11 Å². The molecule has 4 heteroatoms. The lowest BCUT2D eigenvalue weighted by molar-refractivity contribution is 0.415. The first-order chi connectivity index (χ1) is 15.8. The summed E-state index contributed by atoms with van der Waals surface area (Å²) in [5.74, 6) is 1.67. The highest BCUT2D eigenvalue weighted by Gasteiger charge is 2.15. The standard InChI is InChI=1S/C28H22N2OS/c1-31-23-16-12-22(13-17-23)28-29-26(20-8-4-2-5-9-20)27(30-28)21-14-18-25(19-15-21)32-24-10-6-3-7-11-24/h2-19H,1H3,(H,29,30). The minimum Gasteiger partial charge on any atom is -0.497 e. The van der Waals surface area contributed by atoms with E-state index in [0.717, 1.165) is 39.7 Å². The van der Waals surface area contributed by atoms with Gasteiger partial charge < -0.3 is 9.72 Å². The van der Waals surface area contributed by atoms with E-state index < -0.39 is 0 Å². The quantitative estimate of drug-likeness (QED) is 0.299. The Morgan fingerprint density at radius 2 is 1.22 bits per heavy atom. The number of aromatic amines is 1. The zero-order valence-corrected chi connectivity index (χ0v) is 18.5. The van der Waals surface area contributed by atoms with E-state index in [1.807, 2.05) is 48.5 Å². The lowest BCUT2D eigenvalue weighted by atomic mass is 10.1. The first-order valence-corrected chi connectivity index (χ1v) is 11.2. The maximum absolute atomic E-state index is 5.29. The molecule has 4 aromatic carbocycles. The molecule has 1 aromatic heterocycles. The molecule has 0 bridgehead atoms. The monoisotopic (exact) mass is 434 g/mol. The third-order valence-corrected chi connectivity index (χ3v) is 6.25. The van der Waals surface area contributed by atoms with E-state index in [4.69, 9.17) is 9.72 Å². The summed E-state index contributed by atoms with van der Waals surface area (Å²) in [5, 5.41) is 0. The van der Waals surface area contributed by atoms with Crippen molar-refractivity contribution in [3.63, 3.8) is 0 Å². The molecule has 0 fully saturated rings. The molecule has 0 amide bonds. The van der Waals surface area contributed by atoms with Gasteiger partial charge in [0, 0.05) is 26.5 Å². The van der Waals surface area contributed by atoms with Gasteiger partial charge in [0.15, 0.2) is 0 Å². The van der Waals surface area contributed by atoms with Gasteiger partial charge in [-0.25, -0.2) is 4.98 Å². The van der Waals surface area contributed by atoms with Crippen molar-refractivity contribution < 1.29 is 4.74 Å². The molecule has 3 nitrogen and oxygen atoms in total. The molecule has 0 aliphatic heterocycles. The molecule has 32 heavy (non-hydrogen) atoms. The van der Waals surface area contributed by atoms with E-state index in [0.29, 0.717) is 0 Å². The second-order valence-corrected chi connectivity index (χ2v) is 8.49. The fourth-order valence-corrected chi connectivity index (χ4v) is 4.42. The Bertz CT molecular complexity index is 1300. The van der Waals surface area contributed by atoms with Gasteiger partial charge in [-0.15, -0.1) is 0 Å². The van der Waals surface area contributed by atoms with Crippen LogP contribution >= 0.6 is 11.8 Å². The van der Waals surface area contributed by atoms with Gasteiger partial charge in [-0.05, 0) is 48.5 Å². The van der Waals surface area contributed by atoms with Crippen molar-refractivity contribution >= 4 is 11.8 Å². The zero-order valence-electron chi connectivity index (χ0n) is 17.7. The van der Waals surface area contributed by atoms with Crippen LogP contribution < -0.4 is 4.74 Å². The third kappa shape index (κ3) is 4.32. The summed E-state index contributed by atoms with van der Waals surface area (Å²) in [6.45, 7) is 0. The van der Waals surface area contributed by atoms with Gasteiger partial charge in [0.1, 0.15) is 11.6 Å². The Balaban J connectivity index is 1.52. The molecule has 0 aliphatic carbocycles. The fraction of sp³-hybridized carbons (Fsp3) is 0.0357. The summed E-state index contributed by atoms with van der Waals surface area (Å²) in [4.78, 5) is 11.0. The number of H-pyrrole nitrogens is 1. The maximum atomic E-state index is 5.29. The normalized spacial score (nSPS) is 10.8. The van der Waals surface area contributed by atoms with E-state index >= 15 is 0 Å². The molecule has 0 unspecified atom stereocenters. The van der Waals surface area contributed by atoms with Crippen molar-refractivity contribution in [1.29, 1.82) is 0 Å². The Kier molecular flexibility index (Phi) is 5.77. The van der Waals surface area contributed by atoms with E-state index in [9.17, 15) is 0 Å². The number of hydrogen-bond acceptors (Lipinski definition) is 3. The third-order valence-electron chi connectivity index (χ3n) is 5.24. The van der Waals surface area contributed by atoms with Crippen molar-refractivity contribution in [1.82, 2.24) is 9.97 Å². The van der Waals surface area contributed by atoms with Gasteiger partial charge in [0.25, 0.3) is 0 Å². The van der Waals surface area contributed by atoms with Crippen LogP contribution in [0.4, 0.5) is 0 Å². The van der Waals surface area contributed by atoms with Gasteiger partial charge >= 0.3 is 0 Å². The van der Waals surface area contributed by atoms with Crippen LogP contribution in [0.1, 0.15) is 0 Å². The Labute approximate surface area is 192 Å². The summed E-state index contributed by atoms with van der Waals surface area (Å²) in [5.41, 5.74) is 5.17. The zero-order chi connectivity index (χ0) is 21.8. The summed E-state index contributed by atoms with van der Waals surface area (Å²) < 4.78 is 5.29. The number of aromatic nitrogens is 2. The van der Waals surface area contributed by atoms with E-state index in [1.54, 1.807) is 18.9 Å². The summed E-state index contributed by atoms with van der Waals surface area (Å²) in [6, 6.07) is 37.3. The molecule has 5 aromatic rings. The van der Waals surface area contributed by atoms with Crippen LogP contribution in [0.2, 0.25) is 0 Å². The molecule has 1 heterocycles. The molecule has 0 spiro atoms. The van der Waals surface area contributed by atoms with Gasteiger partial charge in [-0.2, -0.15) is 0 Å². The predicted molar refractivity (Wildman–Crippen MR) is 132 cm³/mol. The van der Waals surface area contributed by atoms with Crippen LogP contribution in [0, 0.1) is 0 Å². The number of ether oxygens (including phenoxy) is 1. The number of methoxy groups -OCH3 is 1. The van der Waals surface area contributed by atoms with E-state index in [1.165, 1.54) is 9.79 Å². The van der Waals surface area contributed by atoms with E-state index in [2.05, 4.69) is 65.6 Å². The van der Waals surface area contributed by atoms with Gasteiger partial charge in [-0.3, -0.25) is 0 Å². The van der Waals surface area contributed by atoms with Gasteiger partial charge in [0.05, 0.1) is 18.5 Å². The number of nitrogens with zero attached hydrogens (tertiary/aromatic N) is 1. The molecule has 0 radical (unpaired) electrons. The smallest absolute Gasteiger partial charge is 0.138 e. The molecule has 156 valence electrons. The van der Waals surface area contributed by atoms with Crippen LogP contribution in [-0.4, -0.2) is 17.1 Å². The first kappa shape index (κ1) is 20.2.